The zero-order valence-electron chi connectivity index (χ0n) is 17.3. The minimum atomic E-state index is -4.89. The van der Waals surface area contributed by atoms with E-state index in [1.807, 2.05) is 0 Å². The number of nitrogens with two attached hydrogens (primary N) is 1. The zero-order chi connectivity index (χ0) is 24.7. The van der Waals surface area contributed by atoms with Crippen molar-refractivity contribution in [1.82, 2.24) is 5.32 Å². The Labute approximate surface area is 183 Å². The predicted octanol–water partition coefficient (Wildman–Crippen LogP) is 2.33. The van der Waals surface area contributed by atoms with Crippen LogP contribution in [0.4, 0.5) is 22.0 Å². The van der Waals surface area contributed by atoms with E-state index in [4.69, 9.17) is 15.2 Å². The molecule has 8 nitrogen and oxygen atoms in total. The average molecular weight is 476 g/mol. The van der Waals surface area contributed by atoms with E-state index in [1.165, 1.54) is 0 Å². The Hall–Kier alpha value is -3.35. The summed E-state index contributed by atoms with van der Waals surface area (Å²) in [7, 11) is 1.01. The molecule has 2 amide bonds. The number of benzene rings is 1. The van der Waals surface area contributed by atoms with E-state index in [-0.39, 0.29) is 16.0 Å². The maximum Gasteiger partial charge on any atom is 0.417 e. The van der Waals surface area contributed by atoms with E-state index in [0.717, 1.165) is 38.5 Å². The van der Waals surface area contributed by atoms with E-state index in [1.54, 1.807) is 0 Å². The van der Waals surface area contributed by atoms with Crippen molar-refractivity contribution >= 4 is 11.8 Å². The maximum absolute atomic E-state index is 14.2. The van der Waals surface area contributed by atoms with Crippen LogP contribution in [0.1, 0.15) is 24.8 Å². The number of nitrogens with one attached hydrogen (secondary N) is 1. The van der Waals surface area contributed by atoms with Crippen molar-refractivity contribution in [3.8, 4) is 5.75 Å². The van der Waals surface area contributed by atoms with Crippen LogP contribution in [0.15, 0.2) is 36.2 Å². The monoisotopic (exact) mass is 476 g/mol. The Morgan fingerprint density at radius 2 is 1.97 bits per heavy atom. The van der Waals surface area contributed by atoms with E-state index in [0.29, 0.717) is 6.07 Å². The Kier molecular flexibility index (Phi) is 6.29. The molecule has 13 heteroatoms. The lowest BCUT2D eigenvalue weighted by Gasteiger charge is -2.27. The second-order valence-electron chi connectivity index (χ2n) is 7.70. The second-order valence-corrected chi connectivity index (χ2v) is 7.70. The third-order valence-electron chi connectivity index (χ3n) is 5.48. The first-order chi connectivity index (χ1) is 15.3. The molecule has 2 aliphatic heterocycles. The number of alkyl halides is 3. The summed E-state index contributed by atoms with van der Waals surface area (Å²) in [6.07, 6.45) is -4.47. The van der Waals surface area contributed by atoms with Gasteiger partial charge < -0.3 is 20.5 Å². The molecule has 2 aliphatic rings. The average Bonchev–Trinajstić information content (AvgIpc) is 3.10. The number of nitrogens with zero attached hydrogens (tertiary/aromatic N) is 1. The third-order valence-corrected chi connectivity index (χ3v) is 5.48. The van der Waals surface area contributed by atoms with E-state index in [2.05, 4.69) is 5.32 Å². The highest BCUT2D eigenvalue weighted by Gasteiger charge is 2.61. The lowest BCUT2D eigenvalue weighted by atomic mass is 9.85. The quantitative estimate of drug-likeness (QED) is 0.501. The number of primary amides is 1. The Morgan fingerprint density at radius 1 is 1.30 bits per heavy atom. The second kappa shape index (κ2) is 8.54. The number of rotatable bonds is 5. The summed E-state index contributed by atoms with van der Waals surface area (Å²) in [6.45, 7) is 0.734. The van der Waals surface area contributed by atoms with Gasteiger partial charge in [-0.2, -0.15) is 17.6 Å². The molecule has 4 atom stereocenters. The van der Waals surface area contributed by atoms with Crippen LogP contribution < -0.4 is 15.8 Å². The summed E-state index contributed by atoms with van der Waals surface area (Å²) in [5.41, 5.74) is 2.04. The van der Waals surface area contributed by atoms with Crippen molar-refractivity contribution in [3.63, 3.8) is 0 Å². The highest BCUT2D eigenvalue weighted by atomic mass is 19.4. The van der Waals surface area contributed by atoms with Crippen LogP contribution in [0.5, 0.6) is 5.75 Å². The number of ether oxygens (including phenoxy) is 2. The van der Waals surface area contributed by atoms with E-state index < -0.39 is 65.5 Å². The number of carbonyl (C=O) groups is 2. The standard InChI is InChI=1S/C20H18F5N3O5/c1-19(20(23,24)25)8-11(10-3-4-12(21)14(22)15(10)32-2)16(33-19)18(30)27-9-5-6-28(31)13(7-9)17(26)29/h3-7,11,13,16H,8H2,1-2H3,(H2-,26,27,29,30)/p+1/t11-,13-,16?,19+/m1/s1. The highest BCUT2D eigenvalue weighted by molar-refractivity contribution is 5.86. The van der Waals surface area contributed by atoms with Crippen LogP contribution in [0, 0.1) is 16.5 Å². The molecule has 2 heterocycles. The van der Waals surface area contributed by atoms with Crippen molar-refractivity contribution in [3.05, 3.63) is 58.3 Å². The summed E-state index contributed by atoms with van der Waals surface area (Å²) < 4.78 is 79.2. The zero-order valence-corrected chi connectivity index (χ0v) is 17.3. The molecule has 1 aromatic rings. The fourth-order valence-electron chi connectivity index (χ4n) is 3.73. The number of carbonyl (C=O) groups excluding carboxylic acids is 2. The molecule has 1 fully saturated rings. The Morgan fingerprint density at radius 3 is 2.55 bits per heavy atom. The predicted molar refractivity (Wildman–Crippen MR) is 102 cm³/mol. The molecular formula is C20H19F5N3O5+. The molecule has 3 rings (SSSR count). The largest absolute Gasteiger partial charge is 0.493 e. The molecule has 1 unspecified atom stereocenters. The molecule has 0 saturated carbocycles. The molecule has 0 aliphatic carbocycles. The Balaban J connectivity index is 1.99. The van der Waals surface area contributed by atoms with Crippen LogP contribution in [-0.2, 0) is 14.3 Å². The van der Waals surface area contributed by atoms with Gasteiger partial charge in [0.1, 0.15) is 6.10 Å². The van der Waals surface area contributed by atoms with Gasteiger partial charge in [0.25, 0.3) is 11.8 Å². The normalized spacial score (nSPS) is 27.3. The summed E-state index contributed by atoms with van der Waals surface area (Å²) in [5, 5.41) is 2.28. The van der Waals surface area contributed by atoms with Crippen LogP contribution >= 0.6 is 0 Å². The molecule has 0 spiro atoms. The number of methoxy groups -OCH3 is 1. The minimum absolute atomic E-state index is 0.0869. The van der Waals surface area contributed by atoms with Crippen LogP contribution in [0.2, 0.25) is 0 Å². The maximum atomic E-state index is 14.2. The lowest BCUT2D eigenvalue weighted by Crippen LogP contribution is -2.45. The number of nitroso groups, excluding NO2 is 1. The molecule has 0 aromatic heterocycles. The van der Waals surface area contributed by atoms with Crippen molar-refractivity contribution in [2.75, 3.05) is 7.11 Å². The van der Waals surface area contributed by atoms with Crippen LogP contribution in [0.3, 0.4) is 0 Å². The smallest absolute Gasteiger partial charge is 0.417 e. The van der Waals surface area contributed by atoms with Gasteiger partial charge in [-0.3, -0.25) is 9.59 Å². The number of hydrogen-bond acceptors (Lipinski definition) is 5. The molecule has 178 valence electrons. The fourth-order valence-corrected chi connectivity index (χ4v) is 3.73. The SMILES string of the molecule is COc1c([C@H]2C[C@@](C)(C(F)(F)F)OC2C(=O)NC2=C[C@H](C(N)=O)[N+](=O)C=C2)ccc(F)c1F. The van der Waals surface area contributed by atoms with Crippen molar-refractivity contribution < 1.29 is 45.8 Å². The summed E-state index contributed by atoms with van der Waals surface area (Å²) in [4.78, 5) is 35.9. The number of allylic oxidation sites excluding steroid dienone is 1. The summed E-state index contributed by atoms with van der Waals surface area (Å²) in [5.74, 6) is -6.83. The molecule has 0 bridgehead atoms. The first-order valence-electron chi connectivity index (χ1n) is 9.51. The van der Waals surface area contributed by atoms with Crippen molar-refractivity contribution in [1.29, 1.82) is 0 Å². The van der Waals surface area contributed by atoms with Crippen molar-refractivity contribution in [2.45, 2.75) is 43.2 Å². The number of halogens is 5. The van der Waals surface area contributed by atoms with Crippen LogP contribution in [-0.4, -0.2) is 47.6 Å². The third kappa shape index (κ3) is 4.45. The number of hydrogen-bond donors (Lipinski definition) is 2. The summed E-state index contributed by atoms with van der Waals surface area (Å²) in [6, 6.07) is 0.279. The van der Waals surface area contributed by atoms with Crippen LogP contribution in [0.25, 0.3) is 0 Å². The summed E-state index contributed by atoms with van der Waals surface area (Å²) >= 11 is 0. The van der Waals surface area contributed by atoms with Gasteiger partial charge in [-0.1, -0.05) is 6.07 Å². The van der Waals surface area contributed by atoms with Gasteiger partial charge >= 0.3 is 12.2 Å². The molecule has 1 saturated heterocycles. The topological polar surface area (TPSA) is 111 Å². The first kappa shape index (κ1) is 24.3. The van der Waals surface area contributed by atoms with E-state index >= 15 is 0 Å². The van der Waals surface area contributed by atoms with Gasteiger partial charge in [0, 0.05) is 33.3 Å². The molecule has 3 N–H and O–H groups in total. The highest BCUT2D eigenvalue weighted by Crippen LogP contribution is 2.51. The van der Waals surface area contributed by atoms with Gasteiger partial charge in [0.2, 0.25) is 12.0 Å². The van der Waals surface area contributed by atoms with Gasteiger partial charge in [-0.25, -0.2) is 4.39 Å². The van der Waals surface area contributed by atoms with Gasteiger partial charge in [-0.15, -0.1) is 0 Å². The van der Waals surface area contributed by atoms with Gasteiger partial charge in [0.05, 0.1) is 12.8 Å². The lowest BCUT2D eigenvalue weighted by molar-refractivity contribution is -0.495. The van der Waals surface area contributed by atoms with Gasteiger partial charge in [0.15, 0.2) is 17.2 Å². The van der Waals surface area contributed by atoms with Crippen molar-refractivity contribution in [2.24, 2.45) is 5.73 Å². The van der Waals surface area contributed by atoms with Gasteiger partial charge in [-0.05, 0) is 19.4 Å². The Bertz CT molecular complexity index is 1070. The van der Waals surface area contributed by atoms with E-state index in [9.17, 15) is 36.4 Å². The minimum Gasteiger partial charge on any atom is -0.493 e. The molecular weight excluding hydrogens is 457 g/mol. The fraction of sp³-hybridized carbons (Fsp3) is 0.400. The first-order valence-corrected chi connectivity index (χ1v) is 9.51. The molecule has 0 radical (unpaired) electrons. The molecule has 1 aromatic carbocycles. The number of amides is 2. The molecule has 33 heavy (non-hydrogen) atoms.